The number of guanidine groups is 1. The molecule has 0 aliphatic heterocycles. The maximum atomic E-state index is 4.43. The van der Waals surface area contributed by atoms with Crippen LogP contribution in [0.15, 0.2) is 39.9 Å². The average Bonchev–Trinajstić information content (AvgIpc) is 2.98. The van der Waals surface area contributed by atoms with E-state index in [-0.39, 0.29) is 0 Å². The number of halogens is 1. The predicted molar refractivity (Wildman–Crippen MR) is 97.5 cm³/mol. The smallest absolute Gasteiger partial charge is 0.191 e. The molecule has 1 aromatic heterocycles. The number of nitrogens with zero attached hydrogens (tertiary/aromatic N) is 2. The zero-order valence-corrected chi connectivity index (χ0v) is 15.3. The molecule has 1 heterocycles. The Balaban J connectivity index is 1.75. The highest BCUT2D eigenvalue weighted by Gasteiger charge is 2.02. The zero-order chi connectivity index (χ0) is 15.8. The van der Waals surface area contributed by atoms with Gasteiger partial charge < -0.3 is 10.6 Å². The number of nitrogens with one attached hydrogen (secondary N) is 2. The van der Waals surface area contributed by atoms with Gasteiger partial charge in [0.25, 0.3) is 0 Å². The molecule has 0 aliphatic rings. The Hall–Kier alpha value is -1.40. The first-order valence-corrected chi connectivity index (χ1v) is 8.94. The number of benzene rings is 1. The van der Waals surface area contributed by atoms with Gasteiger partial charge in [-0.15, -0.1) is 11.3 Å². The predicted octanol–water partition coefficient (Wildman–Crippen LogP) is 3.38. The van der Waals surface area contributed by atoms with Gasteiger partial charge in [0.05, 0.1) is 5.01 Å². The minimum absolute atomic E-state index is 0.746. The van der Waals surface area contributed by atoms with Crippen LogP contribution in [0.25, 0.3) is 0 Å². The molecule has 4 nitrogen and oxygen atoms in total. The number of aryl methyl sites for hydroxylation is 1. The molecule has 0 saturated carbocycles. The highest BCUT2D eigenvalue weighted by Crippen LogP contribution is 2.13. The lowest BCUT2D eigenvalue weighted by molar-refractivity contribution is 0.791. The van der Waals surface area contributed by atoms with Crippen molar-refractivity contribution in [2.45, 2.75) is 26.3 Å². The van der Waals surface area contributed by atoms with Crippen LogP contribution < -0.4 is 10.6 Å². The van der Waals surface area contributed by atoms with E-state index in [1.807, 2.05) is 18.3 Å². The first-order chi connectivity index (χ1) is 10.7. The van der Waals surface area contributed by atoms with Gasteiger partial charge in [0, 0.05) is 42.1 Å². The Kier molecular flexibility index (Phi) is 6.86. The van der Waals surface area contributed by atoms with Gasteiger partial charge in [0.2, 0.25) is 0 Å². The molecule has 22 heavy (non-hydrogen) atoms. The Morgan fingerprint density at radius 2 is 2.23 bits per heavy atom. The van der Waals surface area contributed by atoms with Crippen molar-refractivity contribution in [3.05, 3.63) is 50.4 Å². The third kappa shape index (κ3) is 5.42. The van der Waals surface area contributed by atoms with Crippen LogP contribution in [-0.4, -0.2) is 24.5 Å². The molecular formula is C16H21BrN4S. The molecule has 0 fully saturated rings. The fraction of sp³-hybridized carbons (Fsp3) is 0.375. The molecule has 0 amide bonds. The minimum Gasteiger partial charge on any atom is -0.356 e. The monoisotopic (exact) mass is 380 g/mol. The lowest BCUT2D eigenvalue weighted by atomic mass is 10.2. The summed E-state index contributed by atoms with van der Waals surface area (Å²) >= 11 is 5.27. The SMILES string of the molecule is CCc1cnc(CCNC(=NC)NCc2cccc(Br)c2)s1. The van der Waals surface area contributed by atoms with Crippen molar-refractivity contribution in [2.75, 3.05) is 13.6 Å². The van der Waals surface area contributed by atoms with Crippen molar-refractivity contribution in [3.63, 3.8) is 0 Å². The van der Waals surface area contributed by atoms with E-state index in [4.69, 9.17) is 0 Å². The maximum Gasteiger partial charge on any atom is 0.191 e. The molecule has 2 aromatic rings. The third-order valence-corrected chi connectivity index (χ3v) is 4.85. The topological polar surface area (TPSA) is 49.3 Å². The van der Waals surface area contributed by atoms with Crippen LogP contribution in [0.4, 0.5) is 0 Å². The molecule has 0 bridgehead atoms. The van der Waals surface area contributed by atoms with Gasteiger partial charge in [-0.1, -0.05) is 35.0 Å². The largest absolute Gasteiger partial charge is 0.356 e. The molecule has 6 heteroatoms. The van der Waals surface area contributed by atoms with E-state index >= 15 is 0 Å². The highest BCUT2D eigenvalue weighted by atomic mass is 79.9. The summed E-state index contributed by atoms with van der Waals surface area (Å²) in [5.74, 6) is 0.812. The second-order valence-electron chi connectivity index (χ2n) is 4.81. The average molecular weight is 381 g/mol. The Bertz CT molecular complexity index is 624. The maximum absolute atomic E-state index is 4.43. The number of rotatable bonds is 6. The second kappa shape index (κ2) is 8.90. The van der Waals surface area contributed by atoms with E-state index in [2.05, 4.69) is 55.6 Å². The summed E-state index contributed by atoms with van der Waals surface area (Å²) in [5.41, 5.74) is 1.21. The summed E-state index contributed by atoms with van der Waals surface area (Å²) in [4.78, 5) is 10.0. The fourth-order valence-electron chi connectivity index (χ4n) is 1.97. The quantitative estimate of drug-likeness (QED) is 0.596. The Morgan fingerprint density at radius 3 is 2.91 bits per heavy atom. The molecule has 2 N–H and O–H groups in total. The molecular weight excluding hydrogens is 360 g/mol. The second-order valence-corrected chi connectivity index (χ2v) is 6.92. The summed E-state index contributed by atoms with van der Waals surface area (Å²) in [6.45, 7) is 3.73. The van der Waals surface area contributed by atoms with Crippen LogP contribution >= 0.6 is 27.3 Å². The van der Waals surface area contributed by atoms with E-state index in [0.29, 0.717) is 0 Å². The normalized spacial score (nSPS) is 11.5. The first kappa shape index (κ1) is 17.0. The molecule has 0 unspecified atom stereocenters. The van der Waals surface area contributed by atoms with Crippen molar-refractivity contribution in [1.29, 1.82) is 0 Å². The van der Waals surface area contributed by atoms with Gasteiger partial charge in [-0.3, -0.25) is 4.99 Å². The van der Waals surface area contributed by atoms with Gasteiger partial charge in [-0.05, 0) is 24.1 Å². The van der Waals surface area contributed by atoms with Crippen LogP contribution in [0.2, 0.25) is 0 Å². The number of hydrogen-bond donors (Lipinski definition) is 2. The van der Waals surface area contributed by atoms with Crippen molar-refractivity contribution in [3.8, 4) is 0 Å². The minimum atomic E-state index is 0.746. The van der Waals surface area contributed by atoms with Crippen LogP contribution in [0.5, 0.6) is 0 Å². The summed E-state index contributed by atoms with van der Waals surface area (Å²) in [5, 5.41) is 7.81. The van der Waals surface area contributed by atoms with E-state index in [0.717, 1.165) is 36.4 Å². The molecule has 0 saturated heterocycles. The van der Waals surface area contributed by atoms with Gasteiger partial charge >= 0.3 is 0 Å². The van der Waals surface area contributed by atoms with Crippen LogP contribution in [0.3, 0.4) is 0 Å². The fourth-order valence-corrected chi connectivity index (χ4v) is 3.28. The lowest BCUT2D eigenvalue weighted by Gasteiger charge is -2.11. The number of aromatic nitrogens is 1. The molecule has 0 aliphatic carbocycles. The van der Waals surface area contributed by atoms with E-state index in [1.54, 1.807) is 18.4 Å². The van der Waals surface area contributed by atoms with Crippen LogP contribution in [0, 0.1) is 0 Å². The highest BCUT2D eigenvalue weighted by molar-refractivity contribution is 9.10. The molecule has 0 radical (unpaired) electrons. The first-order valence-electron chi connectivity index (χ1n) is 7.33. The lowest BCUT2D eigenvalue weighted by Crippen LogP contribution is -2.37. The van der Waals surface area contributed by atoms with Crippen molar-refractivity contribution < 1.29 is 0 Å². The van der Waals surface area contributed by atoms with Crippen LogP contribution in [0.1, 0.15) is 22.4 Å². The van der Waals surface area contributed by atoms with Crippen molar-refractivity contribution in [1.82, 2.24) is 15.6 Å². The number of thiazole rings is 1. The number of aliphatic imine (C=N–C) groups is 1. The molecule has 0 atom stereocenters. The molecule has 1 aromatic carbocycles. The third-order valence-electron chi connectivity index (χ3n) is 3.15. The van der Waals surface area contributed by atoms with E-state index in [1.165, 1.54) is 15.4 Å². The zero-order valence-electron chi connectivity index (χ0n) is 12.9. The van der Waals surface area contributed by atoms with Crippen molar-refractivity contribution >= 4 is 33.2 Å². The summed E-state index contributed by atoms with van der Waals surface area (Å²) < 4.78 is 1.09. The summed E-state index contributed by atoms with van der Waals surface area (Å²) in [6, 6.07) is 8.25. The van der Waals surface area contributed by atoms with Gasteiger partial charge in [-0.25, -0.2) is 4.98 Å². The van der Waals surface area contributed by atoms with E-state index in [9.17, 15) is 0 Å². The Morgan fingerprint density at radius 1 is 1.36 bits per heavy atom. The van der Waals surface area contributed by atoms with E-state index < -0.39 is 0 Å². The van der Waals surface area contributed by atoms with Gasteiger partial charge in [0.1, 0.15) is 0 Å². The number of hydrogen-bond acceptors (Lipinski definition) is 3. The van der Waals surface area contributed by atoms with Gasteiger partial charge in [0.15, 0.2) is 5.96 Å². The van der Waals surface area contributed by atoms with Gasteiger partial charge in [-0.2, -0.15) is 0 Å². The summed E-state index contributed by atoms with van der Waals surface area (Å²) in [7, 11) is 1.79. The standard InChI is InChI=1S/C16H21BrN4S/c1-3-14-11-20-15(22-14)7-8-19-16(18-2)21-10-12-5-4-6-13(17)9-12/h4-6,9,11H,3,7-8,10H2,1-2H3,(H2,18,19,21). The molecule has 0 spiro atoms. The van der Waals surface area contributed by atoms with Crippen molar-refractivity contribution in [2.24, 2.45) is 4.99 Å². The molecule has 118 valence electrons. The summed E-state index contributed by atoms with van der Waals surface area (Å²) in [6.07, 6.45) is 3.95. The van der Waals surface area contributed by atoms with Crippen LogP contribution in [-0.2, 0) is 19.4 Å². The Labute approximate surface area is 144 Å². The molecule has 2 rings (SSSR count).